The third-order valence-corrected chi connectivity index (χ3v) is 5.72. The van der Waals surface area contributed by atoms with Gasteiger partial charge in [0, 0.05) is 19.1 Å². The van der Waals surface area contributed by atoms with Crippen molar-refractivity contribution in [2.45, 2.75) is 25.3 Å². The molecule has 1 fully saturated rings. The minimum Gasteiger partial charge on any atom is -0.318 e. The molecule has 0 bridgehead atoms. The highest BCUT2D eigenvalue weighted by Gasteiger charge is 2.31. The molecule has 0 saturated carbocycles. The molecule has 0 spiro atoms. The van der Waals surface area contributed by atoms with Gasteiger partial charge in [-0.2, -0.15) is 12.7 Å². The standard InChI is InChI=1S/C13H19BrFN3O2S/c1-16-9-11-4-2-3-7-18(11)21(19,20)17-10-5-6-12(14)13(15)8-10/h5-6,8,11,16-17H,2-4,7,9H2,1H3. The summed E-state index contributed by atoms with van der Waals surface area (Å²) in [7, 11) is -1.87. The second kappa shape index (κ2) is 7.04. The van der Waals surface area contributed by atoms with E-state index in [2.05, 4.69) is 26.0 Å². The van der Waals surface area contributed by atoms with Gasteiger partial charge >= 0.3 is 10.2 Å². The third kappa shape index (κ3) is 4.15. The van der Waals surface area contributed by atoms with Gasteiger partial charge in [-0.3, -0.25) is 4.72 Å². The van der Waals surface area contributed by atoms with Crippen LogP contribution in [0.2, 0.25) is 0 Å². The number of nitrogens with one attached hydrogen (secondary N) is 2. The second-order valence-corrected chi connectivity index (χ2v) is 7.53. The van der Waals surface area contributed by atoms with Crippen LogP contribution < -0.4 is 10.0 Å². The molecule has 0 aliphatic carbocycles. The molecule has 1 aliphatic heterocycles. The van der Waals surface area contributed by atoms with E-state index in [4.69, 9.17) is 0 Å². The largest absolute Gasteiger partial charge is 0.318 e. The van der Waals surface area contributed by atoms with Crippen molar-refractivity contribution in [2.24, 2.45) is 0 Å². The fraction of sp³-hybridized carbons (Fsp3) is 0.538. The van der Waals surface area contributed by atoms with Crippen molar-refractivity contribution in [3.63, 3.8) is 0 Å². The molecule has 1 saturated heterocycles. The number of piperidine rings is 1. The molecule has 8 heteroatoms. The molecule has 1 aliphatic rings. The van der Waals surface area contributed by atoms with Gasteiger partial charge in [0.15, 0.2) is 0 Å². The van der Waals surface area contributed by atoms with Crippen molar-refractivity contribution in [3.8, 4) is 0 Å². The molecule has 0 aromatic heterocycles. The van der Waals surface area contributed by atoms with Crippen LogP contribution in [0.3, 0.4) is 0 Å². The molecular formula is C13H19BrFN3O2S. The molecule has 0 amide bonds. The van der Waals surface area contributed by atoms with E-state index in [-0.39, 0.29) is 11.7 Å². The Hall–Kier alpha value is -0.700. The zero-order valence-electron chi connectivity index (χ0n) is 11.8. The summed E-state index contributed by atoms with van der Waals surface area (Å²) in [5.74, 6) is -0.499. The first-order valence-corrected chi connectivity index (χ1v) is 9.06. The lowest BCUT2D eigenvalue weighted by Gasteiger charge is -2.34. The van der Waals surface area contributed by atoms with Gasteiger partial charge in [0.1, 0.15) is 5.82 Å². The van der Waals surface area contributed by atoms with Crippen molar-refractivity contribution in [2.75, 3.05) is 24.9 Å². The lowest BCUT2D eigenvalue weighted by Crippen LogP contribution is -2.49. The van der Waals surface area contributed by atoms with E-state index in [1.807, 2.05) is 0 Å². The van der Waals surface area contributed by atoms with Crippen LogP contribution in [0.1, 0.15) is 19.3 Å². The first-order valence-electron chi connectivity index (χ1n) is 6.83. The number of hydrogen-bond acceptors (Lipinski definition) is 3. The average Bonchev–Trinajstić information content (AvgIpc) is 2.43. The fourth-order valence-electron chi connectivity index (χ4n) is 2.50. The monoisotopic (exact) mass is 379 g/mol. The highest BCUT2D eigenvalue weighted by molar-refractivity contribution is 9.10. The molecule has 118 valence electrons. The van der Waals surface area contributed by atoms with Crippen molar-refractivity contribution in [3.05, 3.63) is 28.5 Å². The minimum atomic E-state index is -3.68. The summed E-state index contributed by atoms with van der Waals surface area (Å²) >= 11 is 3.04. The Kier molecular flexibility index (Phi) is 5.59. The van der Waals surface area contributed by atoms with Gasteiger partial charge in [-0.1, -0.05) is 6.42 Å². The SMILES string of the molecule is CNCC1CCCCN1S(=O)(=O)Nc1ccc(Br)c(F)c1. The van der Waals surface area contributed by atoms with Crippen LogP contribution in [-0.4, -0.2) is 38.9 Å². The number of nitrogens with zero attached hydrogens (tertiary/aromatic N) is 1. The molecular weight excluding hydrogens is 361 g/mol. The Bertz CT molecular complexity index is 595. The van der Waals surface area contributed by atoms with E-state index in [1.54, 1.807) is 7.05 Å². The Morgan fingerprint density at radius 3 is 2.86 bits per heavy atom. The number of benzene rings is 1. The van der Waals surface area contributed by atoms with Crippen LogP contribution in [0.25, 0.3) is 0 Å². The minimum absolute atomic E-state index is 0.0680. The van der Waals surface area contributed by atoms with Crippen molar-refractivity contribution in [1.82, 2.24) is 9.62 Å². The summed E-state index contributed by atoms with van der Waals surface area (Å²) in [6.45, 7) is 1.09. The van der Waals surface area contributed by atoms with E-state index < -0.39 is 16.0 Å². The maximum atomic E-state index is 13.5. The van der Waals surface area contributed by atoms with Crippen LogP contribution >= 0.6 is 15.9 Å². The Balaban J connectivity index is 2.17. The van der Waals surface area contributed by atoms with E-state index >= 15 is 0 Å². The first kappa shape index (κ1) is 16.7. The molecule has 1 aromatic carbocycles. The molecule has 1 unspecified atom stereocenters. The van der Waals surface area contributed by atoms with E-state index in [1.165, 1.54) is 22.5 Å². The summed E-state index contributed by atoms with van der Waals surface area (Å²) < 4.78 is 42.7. The van der Waals surface area contributed by atoms with E-state index in [0.717, 1.165) is 19.3 Å². The van der Waals surface area contributed by atoms with Crippen LogP contribution in [0.4, 0.5) is 10.1 Å². The highest BCUT2D eigenvalue weighted by Crippen LogP contribution is 2.24. The predicted octanol–water partition coefficient (Wildman–Crippen LogP) is 2.32. The smallest absolute Gasteiger partial charge is 0.301 e. The maximum absolute atomic E-state index is 13.5. The van der Waals surface area contributed by atoms with Gasteiger partial charge < -0.3 is 5.32 Å². The van der Waals surface area contributed by atoms with Gasteiger partial charge in [-0.05, 0) is 54.0 Å². The summed E-state index contributed by atoms with van der Waals surface area (Å²) in [4.78, 5) is 0. The molecule has 2 N–H and O–H groups in total. The maximum Gasteiger partial charge on any atom is 0.301 e. The van der Waals surface area contributed by atoms with Gasteiger partial charge in [0.2, 0.25) is 0 Å². The fourth-order valence-corrected chi connectivity index (χ4v) is 4.23. The topological polar surface area (TPSA) is 61.4 Å². The molecule has 5 nitrogen and oxygen atoms in total. The molecule has 2 rings (SSSR count). The third-order valence-electron chi connectivity index (χ3n) is 3.49. The second-order valence-electron chi connectivity index (χ2n) is 5.05. The number of likely N-dealkylation sites (N-methyl/N-ethyl adjacent to an activating group) is 1. The lowest BCUT2D eigenvalue weighted by molar-refractivity contribution is 0.250. The Morgan fingerprint density at radius 2 is 2.19 bits per heavy atom. The first-order chi connectivity index (χ1) is 9.94. The zero-order valence-corrected chi connectivity index (χ0v) is 14.2. The van der Waals surface area contributed by atoms with E-state index in [9.17, 15) is 12.8 Å². The highest BCUT2D eigenvalue weighted by atomic mass is 79.9. The van der Waals surface area contributed by atoms with Crippen molar-refractivity contribution in [1.29, 1.82) is 0 Å². The summed E-state index contributed by atoms with van der Waals surface area (Å²) in [6, 6.07) is 4.11. The molecule has 21 heavy (non-hydrogen) atoms. The van der Waals surface area contributed by atoms with Crippen LogP contribution in [0.15, 0.2) is 22.7 Å². The molecule has 0 radical (unpaired) electrons. The van der Waals surface area contributed by atoms with Gasteiger partial charge in [-0.15, -0.1) is 0 Å². The Labute approximate surface area is 133 Å². The lowest BCUT2D eigenvalue weighted by atomic mass is 10.1. The summed E-state index contributed by atoms with van der Waals surface area (Å²) in [5.41, 5.74) is 0.226. The Morgan fingerprint density at radius 1 is 1.43 bits per heavy atom. The zero-order chi connectivity index (χ0) is 15.5. The number of hydrogen-bond donors (Lipinski definition) is 2. The normalized spacial score (nSPS) is 20.4. The van der Waals surface area contributed by atoms with Crippen LogP contribution in [0, 0.1) is 5.82 Å². The number of halogens is 2. The van der Waals surface area contributed by atoms with Gasteiger partial charge in [0.25, 0.3) is 0 Å². The number of rotatable bonds is 5. The number of anilines is 1. The quantitative estimate of drug-likeness (QED) is 0.824. The van der Waals surface area contributed by atoms with Crippen LogP contribution in [-0.2, 0) is 10.2 Å². The molecule has 1 heterocycles. The molecule has 1 aromatic rings. The molecule has 1 atom stereocenters. The van der Waals surface area contributed by atoms with Gasteiger partial charge in [0.05, 0.1) is 10.2 Å². The predicted molar refractivity (Wildman–Crippen MR) is 84.9 cm³/mol. The summed E-state index contributed by atoms with van der Waals surface area (Å²) in [6.07, 6.45) is 2.69. The van der Waals surface area contributed by atoms with Crippen molar-refractivity contribution >= 4 is 31.8 Å². The van der Waals surface area contributed by atoms with E-state index in [0.29, 0.717) is 17.6 Å². The van der Waals surface area contributed by atoms with Gasteiger partial charge in [-0.25, -0.2) is 4.39 Å². The van der Waals surface area contributed by atoms with Crippen molar-refractivity contribution < 1.29 is 12.8 Å². The van der Waals surface area contributed by atoms with Crippen LogP contribution in [0.5, 0.6) is 0 Å². The average molecular weight is 380 g/mol. The summed E-state index contributed by atoms with van der Waals surface area (Å²) in [5, 5.41) is 3.02.